The zero-order valence-electron chi connectivity index (χ0n) is 16.4. The number of phenols is 1. The van der Waals surface area contributed by atoms with E-state index in [9.17, 15) is 15.2 Å². The quantitative estimate of drug-likeness (QED) is 0.237. The lowest BCUT2D eigenvalue weighted by Crippen LogP contribution is -2.28. The SMILES string of the molecule is O=[N+]([O-])c1ccc(O)c(C=P(c2ccccc2)(c2ccccc2)c2ccccc2Br)c1. The van der Waals surface area contributed by atoms with Gasteiger partial charge in [0.25, 0.3) is 5.69 Å². The first kappa shape index (κ1) is 21.1. The predicted octanol–water partition coefficient (Wildman–Crippen LogP) is 5.21. The van der Waals surface area contributed by atoms with Crippen molar-refractivity contribution in [1.29, 1.82) is 0 Å². The van der Waals surface area contributed by atoms with Crippen LogP contribution in [0.5, 0.6) is 5.75 Å². The van der Waals surface area contributed by atoms with Crippen LogP contribution < -0.4 is 15.9 Å². The second kappa shape index (κ2) is 8.93. The Bertz CT molecular complexity index is 1250. The monoisotopic (exact) mass is 491 g/mol. The number of nitrogens with zero attached hydrogens (tertiary/aromatic N) is 1. The van der Waals surface area contributed by atoms with Gasteiger partial charge in [-0.1, -0.05) is 94.8 Å². The molecule has 0 aliphatic rings. The first-order chi connectivity index (χ1) is 15.0. The molecule has 0 saturated heterocycles. The Hall–Kier alpha value is -3.14. The van der Waals surface area contributed by atoms with E-state index in [0.717, 1.165) is 20.4 Å². The van der Waals surface area contributed by atoms with Crippen LogP contribution in [0, 0.1) is 10.1 Å². The van der Waals surface area contributed by atoms with Crippen LogP contribution in [0.2, 0.25) is 0 Å². The van der Waals surface area contributed by atoms with E-state index in [2.05, 4.69) is 46.3 Å². The van der Waals surface area contributed by atoms with E-state index in [4.69, 9.17) is 0 Å². The number of hydrogen-bond acceptors (Lipinski definition) is 3. The normalized spacial score (nSPS) is 11.1. The van der Waals surface area contributed by atoms with E-state index in [1.165, 1.54) is 18.2 Å². The standard InChI is InChI=1S/C25H19BrNO3P/c26-23-13-7-8-14-25(23)31(21-9-3-1-4-10-21,22-11-5-2-6-12-22)18-19-17-20(27(29)30)15-16-24(19)28/h1-18,28H. The molecule has 4 nitrogen and oxygen atoms in total. The van der Waals surface area contributed by atoms with Crippen LogP contribution in [0.1, 0.15) is 5.56 Å². The zero-order valence-corrected chi connectivity index (χ0v) is 18.9. The molecule has 4 aromatic rings. The minimum absolute atomic E-state index is 0.00823. The van der Waals surface area contributed by atoms with Crippen molar-refractivity contribution in [2.45, 2.75) is 0 Å². The maximum Gasteiger partial charge on any atom is 0.270 e. The van der Waals surface area contributed by atoms with Gasteiger partial charge in [-0.05, 0) is 40.7 Å². The molecule has 0 unspecified atom stereocenters. The highest BCUT2D eigenvalue weighted by molar-refractivity contribution is 9.10. The minimum Gasteiger partial charge on any atom is -0.507 e. The fourth-order valence-corrected chi connectivity index (χ4v) is 8.73. The summed E-state index contributed by atoms with van der Waals surface area (Å²) in [7, 11) is 0. The lowest BCUT2D eigenvalue weighted by Gasteiger charge is -2.30. The molecule has 31 heavy (non-hydrogen) atoms. The Morgan fingerprint density at radius 3 is 1.90 bits per heavy atom. The average molecular weight is 492 g/mol. The van der Waals surface area contributed by atoms with E-state index in [1.54, 1.807) is 0 Å². The number of non-ortho nitro benzene ring substituents is 1. The fraction of sp³-hybridized carbons (Fsp3) is 0. The number of aromatic hydroxyl groups is 1. The Morgan fingerprint density at radius 2 is 1.35 bits per heavy atom. The molecular formula is C25H19BrNO3P. The summed E-state index contributed by atoms with van der Waals surface area (Å²) in [6.07, 6.45) is 0. The van der Waals surface area contributed by atoms with Crippen molar-refractivity contribution in [3.05, 3.63) is 123 Å². The van der Waals surface area contributed by atoms with Gasteiger partial charge >= 0.3 is 0 Å². The molecule has 0 saturated carbocycles. The summed E-state index contributed by atoms with van der Waals surface area (Å²) in [4.78, 5) is 11.0. The van der Waals surface area contributed by atoms with Gasteiger partial charge in [0.2, 0.25) is 0 Å². The zero-order chi connectivity index (χ0) is 21.8. The van der Waals surface area contributed by atoms with Gasteiger partial charge in [-0.15, -0.1) is 0 Å². The first-order valence-electron chi connectivity index (χ1n) is 9.61. The van der Waals surface area contributed by atoms with Crippen molar-refractivity contribution in [2.24, 2.45) is 0 Å². The molecule has 0 atom stereocenters. The van der Waals surface area contributed by atoms with Gasteiger partial charge in [-0.25, -0.2) is 0 Å². The summed E-state index contributed by atoms with van der Waals surface area (Å²) in [5.41, 5.74) is 0.376. The Kier molecular flexibility index (Phi) is 6.08. The highest BCUT2D eigenvalue weighted by Gasteiger charge is 2.27. The van der Waals surface area contributed by atoms with E-state index in [-0.39, 0.29) is 11.4 Å². The molecule has 0 fully saturated rings. The van der Waals surface area contributed by atoms with Crippen molar-refractivity contribution in [2.75, 3.05) is 0 Å². The number of benzene rings is 4. The maximum atomic E-state index is 11.4. The molecular weight excluding hydrogens is 473 g/mol. The molecule has 0 aliphatic heterocycles. The van der Waals surface area contributed by atoms with Gasteiger partial charge in [0.05, 0.1) is 4.92 Å². The fourth-order valence-electron chi connectivity index (χ4n) is 3.68. The average Bonchev–Trinajstić information content (AvgIpc) is 2.80. The van der Waals surface area contributed by atoms with Crippen LogP contribution in [0.3, 0.4) is 0 Å². The Labute approximate surface area is 189 Å². The highest BCUT2D eigenvalue weighted by Crippen LogP contribution is 2.47. The number of nitro benzene ring substituents is 1. The number of nitro groups is 1. The topological polar surface area (TPSA) is 63.4 Å². The van der Waals surface area contributed by atoms with Gasteiger partial charge in [-0.3, -0.25) is 10.1 Å². The number of rotatable bonds is 5. The van der Waals surface area contributed by atoms with E-state index < -0.39 is 11.8 Å². The van der Waals surface area contributed by atoms with Crippen LogP contribution in [0.25, 0.3) is 0 Å². The van der Waals surface area contributed by atoms with Crippen LogP contribution in [0.4, 0.5) is 5.69 Å². The van der Waals surface area contributed by atoms with Gasteiger partial charge in [0.1, 0.15) is 5.75 Å². The van der Waals surface area contributed by atoms with Crippen molar-refractivity contribution in [3.8, 4) is 5.75 Å². The third kappa shape index (κ3) is 4.07. The van der Waals surface area contributed by atoms with Crippen molar-refractivity contribution in [3.63, 3.8) is 0 Å². The van der Waals surface area contributed by atoms with Crippen LogP contribution in [-0.4, -0.2) is 15.8 Å². The van der Waals surface area contributed by atoms with E-state index in [1.807, 2.05) is 60.4 Å². The smallest absolute Gasteiger partial charge is 0.270 e. The van der Waals surface area contributed by atoms with Gasteiger partial charge < -0.3 is 5.11 Å². The largest absolute Gasteiger partial charge is 0.507 e. The molecule has 154 valence electrons. The van der Waals surface area contributed by atoms with Crippen LogP contribution >= 0.6 is 22.8 Å². The second-order valence-electron chi connectivity index (χ2n) is 6.97. The summed E-state index contributed by atoms with van der Waals surface area (Å²) in [5, 5.41) is 25.3. The third-order valence-electron chi connectivity index (χ3n) is 5.11. The number of phenolic OH excluding ortho intramolecular Hbond substituents is 1. The summed E-state index contributed by atoms with van der Waals surface area (Å²) >= 11 is 3.73. The summed E-state index contributed by atoms with van der Waals surface area (Å²) in [6, 6.07) is 32.4. The molecule has 0 radical (unpaired) electrons. The lowest BCUT2D eigenvalue weighted by molar-refractivity contribution is -0.384. The molecule has 0 aliphatic carbocycles. The van der Waals surface area contributed by atoms with E-state index in [0.29, 0.717) is 5.56 Å². The van der Waals surface area contributed by atoms with Crippen molar-refractivity contribution in [1.82, 2.24) is 0 Å². The molecule has 6 heteroatoms. The highest BCUT2D eigenvalue weighted by atomic mass is 79.9. The van der Waals surface area contributed by atoms with Crippen LogP contribution in [0.15, 0.2) is 108 Å². The molecule has 0 spiro atoms. The Morgan fingerprint density at radius 1 is 0.806 bits per heavy atom. The molecule has 4 aromatic carbocycles. The van der Waals surface area contributed by atoms with Crippen molar-refractivity contribution < 1.29 is 10.0 Å². The first-order valence-corrected chi connectivity index (χ1v) is 12.3. The maximum absolute atomic E-state index is 11.4. The summed E-state index contributed by atoms with van der Waals surface area (Å²) in [5.74, 6) is 2.02. The molecule has 0 amide bonds. The summed E-state index contributed by atoms with van der Waals surface area (Å²) in [6.45, 7) is -2.44. The summed E-state index contributed by atoms with van der Waals surface area (Å²) < 4.78 is 0.942. The number of hydrogen-bond donors (Lipinski definition) is 1. The van der Waals surface area contributed by atoms with Gasteiger partial charge in [0, 0.05) is 22.2 Å². The molecule has 4 rings (SSSR count). The van der Waals surface area contributed by atoms with Crippen LogP contribution in [-0.2, 0) is 0 Å². The number of halogens is 1. The third-order valence-corrected chi connectivity index (χ3v) is 10.2. The minimum atomic E-state index is -2.44. The molecule has 0 heterocycles. The molecule has 1 N–H and O–H groups in total. The molecule has 0 aromatic heterocycles. The second-order valence-corrected chi connectivity index (χ2v) is 11.0. The van der Waals surface area contributed by atoms with E-state index >= 15 is 0 Å². The predicted molar refractivity (Wildman–Crippen MR) is 133 cm³/mol. The van der Waals surface area contributed by atoms with Crippen molar-refractivity contribution >= 4 is 50.2 Å². The van der Waals surface area contributed by atoms with Gasteiger partial charge in [-0.2, -0.15) is 0 Å². The Balaban J connectivity index is 2.19. The van der Waals surface area contributed by atoms with Gasteiger partial charge in [0.15, 0.2) is 0 Å². The lowest BCUT2D eigenvalue weighted by atomic mass is 10.2. The molecule has 0 bridgehead atoms.